The highest BCUT2D eigenvalue weighted by Crippen LogP contribution is 2.20. The maximum Gasteiger partial charge on any atom is 0.109 e. The second kappa shape index (κ2) is 6.47. The molecule has 0 radical (unpaired) electrons. The lowest BCUT2D eigenvalue weighted by atomic mass is 10.0. The van der Waals surface area contributed by atoms with Gasteiger partial charge in [0.25, 0.3) is 0 Å². The van der Waals surface area contributed by atoms with Crippen LogP contribution in [0.5, 0.6) is 0 Å². The van der Waals surface area contributed by atoms with E-state index in [2.05, 4.69) is 38.0 Å². The molecule has 1 rings (SSSR count). The van der Waals surface area contributed by atoms with E-state index in [1.807, 2.05) is 6.20 Å². The number of aryl methyl sites for hydroxylation is 1. The largest absolute Gasteiger partial charge is 0.326 e. The van der Waals surface area contributed by atoms with Gasteiger partial charge in [-0.05, 0) is 46.6 Å². The molecule has 1 aromatic heterocycles. The summed E-state index contributed by atoms with van der Waals surface area (Å²) in [5, 5.41) is 4.69. The van der Waals surface area contributed by atoms with Crippen molar-refractivity contribution in [3.8, 4) is 0 Å². The first kappa shape index (κ1) is 14.6. The highest BCUT2D eigenvalue weighted by molar-refractivity contribution is 7.11. The number of aromatic nitrogens is 1. The molecule has 0 saturated carbocycles. The molecule has 0 bridgehead atoms. The molecular formula is C13H25N3S. The van der Waals surface area contributed by atoms with Gasteiger partial charge >= 0.3 is 0 Å². The Balaban J connectivity index is 2.27. The average Bonchev–Trinajstić information content (AvgIpc) is 2.71. The van der Waals surface area contributed by atoms with Gasteiger partial charge in [-0.15, -0.1) is 11.3 Å². The number of rotatable bonds is 7. The monoisotopic (exact) mass is 255 g/mol. The van der Waals surface area contributed by atoms with Crippen molar-refractivity contribution < 1.29 is 0 Å². The molecule has 0 amide bonds. The lowest BCUT2D eigenvalue weighted by Crippen LogP contribution is -2.33. The number of hydrogen-bond donors (Lipinski definition) is 2. The predicted octanol–water partition coefficient (Wildman–Crippen LogP) is 2.87. The SMILES string of the molecule is CCc1cnc(C(C)NCCCC(C)(C)N)s1. The Morgan fingerprint density at radius 2 is 2.24 bits per heavy atom. The molecule has 1 unspecified atom stereocenters. The number of thiazole rings is 1. The van der Waals surface area contributed by atoms with Crippen LogP contribution in [0.25, 0.3) is 0 Å². The Labute approximate surface area is 109 Å². The molecule has 3 N–H and O–H groups in total. The van der Waals surface area contributed by atoms with Crippen molar-refractivity contribution in [2.45, 2.75) is 58.5 Å². The molecule has 0 aliphatic heterocycles. The van der Waals surface area contributed by atoms with Gasteiger partial charge in [0, 0.05) is 16.6 Å². The zero-order valence-corrected chi connectivity index (χ0v) is 12.2. The molecule has 0 fully saturated rings. The molecule has 3 nitrogen and oxygen atoms in total. The van der Waals surface area contributed by atoms with Crippen LogP contribution >= 0.6 is 11.3 Å². The van der Waals surface area contributed by atoms with E-state index in [1.165, 1.54) is 9.88 Å². The van der Waals surface area contributed by atoms with Crippen LogP contribution in [0.1, 0.15) is 56.5 Å². The van der Waals surface area contributed by atoms with Crippen molar-refractivity contribution >= 4 is 11.3 Å². The molecule has 98 valence electrons. The fraction of sp³-hybridized carbons (Fsp3) is 0.769. The van der Waals surface area contributed by atoms with Gasteiger partial charge in [-0.3, -0.25) is 0 Å². The minimum atomic E-state index is -0.0541. The van der Waals surface area contributed by atoms with E-state index in [9.17, 15) is 0 Å². The Morgan fingerprint density at radius 1 is 1.53 bits per heavy atom. The van der Waals surface area contributed by atoms with Gasteiger partial charge in [0.15, 0.2) is 0 Å². The molecule has 0 spiro atoms. The van der Waals surface area contributed by atoms with E-state index in [4.69, 9.17) is 5.73 Å². The molecular weight excluding hydrogens is 230 g/mol. The summed E-state index contributed by atoms with van der Waals surface area (Å²) in [7, 11) is 0. The van der Waals surface area contributed by atoms with Gasteiger partial charge in [0.05, 0.1) is 6.04 Å². The quantitative estimate of drug-likeness (QED) is 0.737. The van der Waals surface area contributed by atoms with Gasteiger partial charge in [0.2, 0.25) is 0 Å². The highest BCUT2D eigenvalue weighted by atomic mass is 32.1. The summed E-state index contributed by atoms with van der Waals surface area (Å²) >= 11 is 1.81. The van der Waals surface area contributed by atoms with Crippen LogP contribution in [0.4, 0.5) is 0 Å². The molecule has 1 atom stereocenters. The summed E-state index contributed by atoms with van der Waals surface area (Å²) in [6, 6.07) is 0.348. The summed E-state index contributed by atoms with van der Waals surface area (Å²) in [4.78, 5) is 5.80. The zero-order valence-electron chi connectivity index (χ0n) is 11.4. The lowest BCUT2D eigenvalue weighted by molar-refractivity contribution is 0.437. The fourth-order valence-corrected chi connectivity index (χ4v) is 2.52. The van der Waals surface area contributed by atoms with E-state index >= 15 is 0 Å². The van der Waals surface area contributed by atoms with Crippen LogP contribution in [-0.4, -0.2) is 17.1 Å². The second-order valence-corrected chi connectivity index (χ2v) is 6.43. The first-order chi connectivity index (χ1) is 7.92. The van der Waals surface area contributed by atoms with Gasteiger partial charge in [-0.25, -0.2) is 4.98 Å². The molecule has 1 heterocycles. The minimum Gasteiger partial charge on any atom is -0.326 e. The standard InChI is InChI=1S/C13H25N3S/c1-5-11-9-16-12(17-11)10(2)15-8-6-7-13(3,4)14/h9-10,15H,5-8,14H2,1-4H3. The van der Waals surface area contributed by atoms with Crippen molar-refractivity contribution in [3.63, 3.8) is 0 Å². The van der Waals surface area contributed by atoms with Crippen molar-refractivity contribution in [2.24, 2.45) is 5.73 Å². The van der Waals surface area contributed by atoms with E-state index in [0.717, 1.165) is 25.8 Å². The lowest BCUT2D eigenvalue weighted by Gasteiger charge is -2.19. The third kappa shape index (κ3) is 5.61. The summed E-state index contributed by atoms with van der Waals surface area (Å²) < 4.78 is 0. The number of nitrogens with one attached hydrogen (secondary N) is 1. The number of nitrogens with two attached hydrogens (primary N) is 1. The van der Waals surface area contributed by atoms with E-state index in [1.54, 1.807) is 11.3 Å². The average molecular weight is 255 g/mol. The molecule has 0 aliphatic rings. The minimum absolute atomic E-state index is 0.0541. The Bertz CT molecular complexity index is 328. The van der Waals surface area contributed by atoms with Crippen LogP contribution < -0.4 is 11.1 Å². The maximum absolute atomic E-state index is 5.95. The van der Waals surface area contributed by atoms with Gasteiger partial charge in [-0.2, -0.15) is 0 Å². The molecule has 0 aliphatic carbocycles. The smallest absolute Gasteiger partial charge is 0.109 e. The second-order valence-electron chi connectivity index (χ2n) is 5.29. The first-order valence-electron chi connectivity index (χ1n) is 6.39. The predicted molar refractivity (Wildman–Crippen MR) is 75.4 cm³/mol. The van der Waals surface area contributed by atoms with Gasteiger partial charge < -0.3 is 11.1 Å². The molecule has 0 saturated heterocycles. The molecule has 17 heavy (non-hydrogen) atoms. The summed E-state index contributed by atoms with van der Waals surface area (Å²) in [5.41, 5.74) is 5.89. The summed E-state index contributed by atoms with van der Waals surface area (Å²) in [5.74, 6) is 0. The van der Waals surface area contributed by atoms with Gasteiger partial charge in [0.1, 0.15) is 5.01 Å². The fourth-order valence-electron chi connectivity index (χ4n) is 1.64. The van der Waals surface area contributed by atoms with Crippen LogP contribution in [0.3, 0.4) is 0 Å². The zero-order chi connectivity index (χ0) is 12.9. The summed E-state index contributed by atoms with van der Waals surface area (Å²) in [6.07, 6.45) is 5.22. The Kier molecular flexibility index (Phi) is 5.56. The number of hydrogen-bond acceptors (Lipinski definition) is 4. The van der Waals surface area contributed by atoms with Gasteiger partial charge in [-0.1, -0.05) is 6.92 Å². The topological polar surface area (TPSA) is 50.9 Å². The third-order valence-electron chi connectivity index (χ3n) is 2.74. The Morgan fingerprint density at radius 3 is 2.76 bits per heavy atom. The van der Waals surface area contributed by atoms with Crippen molar-refractivity contribution in [1.29, 1.82) is 0 Å². The van der Waals surface area contributed by atoms with Crippen LogP contribution in [0, 0.1) is 0 Å². The van der Waals surface area contributed by atoms with Crippen LogP contribution in [0.15, 0.2) is 6.20 Å². The van der Waals surface area contributed by atoms with E-state index in [-0.39, 0.29) is 5.54 Å². The van der Waals surface area contributed by atoms with Crippen molar-refractivity contribution in [2.75, 3.05) is 6.54 Å². The van der Waals surface area contributed by atoms with Crippen molar-refractivity contribution in [3.05, 3.63) is 16.1 Å². The van der Waals surface area contributed by atoms with Crippen LogP contribution in [-0.2, 0) is 6.42 Å². The maximum atomic E-state index is 5.95. The van der Waals surface area contributed by atoms with E-state index in [0.29, 0.717) is 6.04 Å². The van der Waals surface area contributed by atoms with Crippen LogP contribution in [0.2, 0.25) is 0 Å². The molecule has 4 heteroatoms. The molecule has 0 aromatic carbocycles. The normalized spacial score (nSPS) is 13.9. The van der Waals surface area contributed by atoms with E-state index < -0.39 is 0 Å². The number of nitrogens with zero attached hydrogens (tertiary/aromatic N) is 1. The molecule has 1 aromatic rings. The Hall–Kier alpha value is -0.450. The first-order valence-corrected chi connectivity index (χ1v) is 7.21. The highest BCUT2D eigenvalue weighted by Gasteiger charge is 2.12. The van der Waals surface area contributed by atoms with Crippen molar-refractivity contribution in [1.82, 2.24) is 10.3 Å². The summed E-state index contributed by atoms with van der Waals surface area (Å²) in [6.45, 7) is 9.49. The third-order valence-corrected chi connectivity index (χ3v) is 4.06.